The Morgan fingerprint density at radius 3 is 2.79 bits per heavy atom. The molecule has 0 fully saturated rings. The second kappa shape index (κ2) is 8.14. The molecule has 1 N–H and O–H groups in total. The molecule has 0 unspecified atom stereocenters. The molecular weight excluding hydrogens is 370 g/mol. The molecule has 28 heavy (non-hydrogen) atoms. The Balaban J connectivity index is 1.35. The van der Waals surface area contributed by atoms with Crippen LogP contribution in [0.3, 0.4) is 0 Å². The Hall–Kier alpha value is -3.32. The van der Waals surface area contributed by atoms with Crippen LogP contribution in [0.2, 0.25) is 0 Å². The maximum atomic E-state index is 12.4. The van der Waals surface area contributed by atoms with Crippen LogP contribution < -0.4 is 5.32 Å². The summed E-state index contributed by atoms with van der Waals surface area (Å²) in [4.78, 5) is 20.9. The Morgan fingerprint density at radius 1 is 1.18 bits per heavy atom. The van der Waals surface area contributed by atoms with Gasteiger partial charge in [0.05, 0.1) is 18.7 Å². The molecule has 0 saturated carbocycles. The number of hydrogen-bond acceptors (Lipinski definition) is 5. The molecule has 0 aliphatic heterocycles. The van der Waals surface area contributed by atoms with Crippen molar-refractivity contribution in [3.63, 3.8) is 0 Å². The molecule has 0 atom stereocenters. The van der Waals surface area contributed by atoms with Crippen molar-refractivity contribution in [1.29, 1.82) is 0 Å². The highest BCUT2D eigenvalue weighted by atomic mass is 32.1. The van der Waals surface area contributed by atoms with E-state index in [9.17, 15) is 4.79 Å². The predicted molar refractivity (Wildman–Crippen MR) is 110 cm³/mol. The highest BCUT2D eigenvalue weighted by Crippen LogP contribution is 2.24. The number of carbonyl (C=O) groups is 1. The lowest BCUT2D eigenvalue weighted by molar-refractivity contribution is -0.115. The molecule has 4 aromatic rings. The largest absolute Gasteiger partial charge is 0.326 e. The third-order valence-electron chi connectivity index (χ3n) is 4.21. The van der Waals surface area contributed by atoms with Crippen molar-refractivity contribution in [2.75, 3.05) is 5.32 Å². The van der Waals surface area contributed by atoms with E-state index in [-0.39, 0.29) is 12.3 Å². The maximum Gasteiger partial charge on any atom is 0.230 e. The van der Waals surface area contributed by atoms with Crippen molar-refractivity contribution < 1.29 is 4.79 Å². The number of nitrogens with zero attached hydrogens (tertiary/aromatic N) is 4. The van der Waals surface area contributed by atoms with Crippen molar-refractivity contribution in [2.45, 2.75) is 19.9 Å². The second-order valence-electron chi connectivity index (χ2n) is 6.53. The van der Waals surface area contributed by atoms with E-state index in [2.05, 4.69) is 39.4 Å². The molecule has 6 nitrogen and oxygen atoms in total. The highest BCUT2D eigenvalue weighted by molar-refractivity contribution is 7.13. The minimum absolute atomic E-state index is 0.0786. The smallest absolute Gasteiger partial charge is 0.230 e. The van der Waals surface area contributed by atoms with E-state index in [1.165, 1.54) is 11.9 Å². The average Bonchev–Trinajstić information content (AvgIpc) is 3.35. The third-order valence-corrected chi connectivity index (χ3v) is 5.15. The number of aromatic nitrogens is 4. The SMILES string of the molecule is Cc1cccc(-c2nc(CC(=O)Nc3ccc(Cn4cncn4)cc3)cs2)c1. The molecular formula is C21H19N5OS. The number of aryl methyl sites for hydroxylation is 1. The van der Waals surface area contributed by atoms with Gasteiger partial charge in [-0.15, -0.1) is 11.3 Å². The molecule has 0 saturated heterocycles. The number of anilines is 1. The zero-order chi connectivity index (χ0) is 19.3. The first-order valence-corrected chi connectivity index (χ1v) is 9.76. The van der Waals surface area contributed by atoms with Crippen LogP contribution >= 0.6 is 11.3 Å². The normalized spacial score (nSPS) is 10.8. The Kier molecular flexibility index (Phi) is 5.25. The van der Waals surface area contributed by atoms with Gasteiger partial charge >= 0.3 is 0 Å². The van der Waals surface area contributed by atoms with E-state index >= 15 is 0 Å². The van der Waals surface area contributed by atoms with Crippen LogP contribution in [0.15, 0.2) is 66.6 Å². The monoisotopic (exact) mass is 389 g/mol. The summed E-state index contributed by atoms with van der Waals surface area (Å²) in [6.45, 7) is 2.71. The average molecular weight is 389 g/mol. The first-order chi connectivity index (χ1) is 13.7. The van der Waals surface area contributed by atoms with E-state index in [0.29, 0.717) is 6.54 Å². The topological polar surface area (TPSA) is 72.7 Å². The van der Waals surface area contributed by atoms with Gasteiger partial charge in [-0.3, -0.25) is 4.79 Å². The number of carbonyl (C=O) groups excluding carboxylic acids is 1. The fourth-order valence-corrected chi connectivity index (χ4v) is 3.68. The Bertz CT molecular complexity index is 1070. The molecule has 2 heterocycles. The van der Waals surface area contributed by atoms with Crippen molar-refractivity contribution in [3.05, 3.63) is 83.4 Å². The second-order valence-corrected chi connectivity index (χ2v) is 7.39. The fourth-order valence-electron chi connectivity index (χ4n) is 2.86. The van der Waals surface area contributed by atoms with Gasteiger partial charge in [0.1, 0.15) is 17.7 Å². The van der Waals surface area contributed by atoms with Crippen molar-refractivity contribution >= 4 is 22.9 Å². The molecule has 0 radical (unpaired) electrons. The van der Waals surface area contributed by atoms with Crippen LogP contribution in [0.25, 0.3) is 10.6 Å². The summed E-state index contributed by atoms with van der Waals surface area (Å²) < 4.78 is 1.75. The molecule has 4 rings (SSSR count). The van der Waals surface area contributed by atoms with Crippen LogP contribution in [0.4, 0.5) is 5.69 Å². The van der Waals surface area contributed by atoms with Crippen molar-refractivity contribution in [2.24, 2.45) is 0 Å². The summed E-state index contributed by atoms with van der Waals surface area (Å²) in [5, 5.41) is 9.89. The molecule has 2 aromatic carbocycles. The summed E-state index contributed by atoms with van der Waals surface area (Å²) in [7, 11) is 0. The van der Waals surface area contributed by atoms with Crippen LogP contribution in [0.5, 0.6) is 0 Å². The molecule has 7 heteroatoms. The van der Waals surface area contributed by atoms with Gasteiger partial charge in [-0.1, -0.05) is 35.9 Å². The minimum Gasteiger partial charge on any atom is -0.326 e. The summed E-state index contributed by atoms with van der Waals surface area (Å²) >= 11 is 1.56. The van der Waals surface area contributed by atoms with Gasteiger partial charge in [0.2, 0.25) is 5.91 Å². The van der Waals surface area contributed by atoms with E-state index in [1.807, 2.05) is 41.8 Å². The van der Waals surface area contributed by atoms with Gasteiger partial charge in [-0.2, -0.15) is 5.10 Å². The molecule has 0 spiro atoms. The van der Waals surface area contributed by atoms with Gasteiger partial charge in [0.15, 0.2) is 0 Å². The molecule has 140 valence electrons. The van der Waals surface area contributed by atoms with E-state index in [1.54, 1.807) is 22.3 Å². The zero-order valence-corrected chi connectivity index (χ0v) is 16.2. The van der Waals surface area contributed by atoms with Gasteiger partial charge in [-0.25, -0.2) is 14.6 Å². The Labute approximate surface area is 166 Å². The number of hydrogen-bond donors (Lipinski definition) is 1. The van der Waals surface area contributed by atoms with E-state index in [0.717, 1.165) is 27.5 Å². The van der Waals surface area contributed by atoms with Crippen LogP contribution in [-0.4, -0.2) is 25.7 Å². The Morgan fingerprint density at radius 2 is 2.04 bits per heavy atom. The number of nitrogens with one attached hydrogen (secondary N) is 1. The summed E-state index contributed by atoms with van der Waals surface area (Å²) in [5.41, 5.74) is 4.91. The van der Waals surface area contributed by atoms with Gasteiger partial charge in [0.25, 0.3) is 0 Å². The molecule has 2 aromatic heterocycles. The standard InChI is InChI=1S/C21H19N5OS/c1-15-3-2-4-17(9-15)21-25-19(12-28-21)10-20(27)24-18-7-5-16(6-8-18)11-26-14-22-13-23-26/h2-9,12-14H,10-11H2,1H3,(H,24,27). The number of rotatable bonds is 6. The minimum atomic E-state index is -0.0786. The number of amides is 1. The lowest BCUT2D eigenvalue weighted by atomic mass is 10.1. The van der Waals surface area contributed by atoms with Gasteiger partial charge < -0.3 is 5.32 Å². The van der Waals surface area contributed by atoms with Crippen molar-refractivity contribution in [3.8, 4) is 10.6 Å². The fraction of sp³-hybridized carbons (Fsp3) is 0.143. The predicted octanol–water partition coefficient (Wildman–Crippen LogP) is 3.94. The van der Waals surface area contributed by atoms with Crippen LogP contribution in [0, 0.1) is 6.92 Å². The molecule has 1 amide bonds. The number of benzene rings is 2. The highest BCUT2D eigenvalue weighted by Gasteiger charge is 2.10. The quantitative estimate of drug-likeness (QED) is 0.542. The van der Waals surface area contributed by atoms with Crippen LogP contribution in [-0.2, 0) is 17.8 Å². The van der Waals surface area contributed by atoms with E-state index in [4.69, 9.17) is 0 Å². The van der Waals surface area contributed by atoms with Gasteiger partial charge in [0, 0.05) is 16.6 Å². The van der Waals surface area contributed by atoms with Crippen LogP contribution in [0.1, 0.15) is 16.8 Å². The number of thiazole rings is 1. The lowest BCUT2D eigenvalue weighted by Crippen LogP contribution is -2.14. The molecule has 0 aliphatic carbocycles. The summed E-state index contributed by atoms with van der Waals surface area (Å²) in [5.74, 6) is -0.0786. The van der Waals surface area contributed by atoms with E-state index < -0.39 is 0 Å². The summed E-state index contributed by atoms with van der Waals surface area (Å²) in [6.07, 6.45) is 3.44. The zero-order valence-electron chi connectivity index (χ0n) is 15.4. The molecule has 0 bridgehead atoms. The lowest BCUT2D eigenvalue weighted by Gasteiger charge is -2.06. The van der Waals surface area contributed by atoms with Crippen molar-refractivity contribution in [1.82, 2.24) is 19.7 Å². The first kappa shape index (κ1) is 18.1. The molecule has 0 aliphatic rings. The van der Waals surface area contributed by atoms with Gasteiger partial charge in [-0.05, 0) is 30.7 Å². The summed E-state index contributed by atoms with van der Waals surface area (Å²) in [6, 6.07) is 15.9. The third kappa shape index (κ3) is 4.50. The first-order valence-electron chi connectivity index (χ1n) is 8.88. The maximum absolute atomic E-state index is 12.4.